The van der Waals surface area contributed by atoms with E-state index in [1.165, 1.54) is 93.9 Å². The monoisotopic (exact) mass is 609 g/mol. The first kappa shape index (κ1) is 27.0. The largest absolute Gasteiger partial charge is 0.309 e. The Bertz CT molecular complexity index is 2580. The second-order valence-corrected chi connectivity index (χ2v) is 12.9. The molecule has 1 nitrogen and oxygen atoms in total. The highest BCUT2D eigenvalue weighted by molar-refractivity contribution is 6.11. The number of hydrogen-bond acceptors (Lipinski definition) is 0. The first-order chi connectivity index (χ1) is 23.8. The van der Waals surface area contributed by atoms with E-state index in [0.717, 1.165) is 6.42 Å². The van der Waals surface area contributed by atoms with Crippen LogP contribution in [0, 0.1) is 0 Å². The van der Waals surface area contributed by atoms with Crippen molar-refractivity contribution in [1.82, 2.24) is 4.57 Å². The summed E-state index contributed by atoms with van der Waals surface area (Å²) in [5.74, 6) is 0. The molecule has 10 rings (SSSR count). The van der Waals surface area contributed by atoms with Crippen LogP contribution in [0.4, 0.5) is 0 Å². The number of hydrogen-bond donors (Lipinski definition) is 0. The fourth-order valence-electron chi connectivity index (χ4n) is 7.90. The molecular weight excluding hydrogens is 579 g/mol. The quantitative estimate of drug-likeness (QED) is 0.187. The number of aromatic nitrogens is 1. The average molecular weight is 610 g/mol. The first-order valence-electron chi connectivity index (χ1n) is 16.7. The molecule has 0 amide bonds. The van der Waals surface area contributed by atoms with Gasteiger partial charge in [-0.05, 0) is 109 Å². The number of fused-ring (bicyclic) bond motifs is 7. The summed E-state index contributed by atoms with van der Waals surface area (Å²) in [5.41, 5.74) is 16.6. The zero-order valence-corrected chi connectivity index (χ0v) is 26.4. The Morgan fingerprint density at radius 1 is 0.333 bits per heavy atom. The van der Waals surface area contributed by atoms with Crippen molar-refractivity contribution < 1.29 is 0 Å². The van der Waals surface area contributed by atoms with Crippen molar-refractivity contribution in [2.45, 2.75) is 6.42 Å². The van der Waals surface area contributed by atoms with Crippen molar-refractivity contribution >= 4 is 32.6 Å². The molecule has 0 fully saturated rings. The molecule has 9 aromatic rings. The lowest BCUT2D eigenvalue weighted by Gasteiger charge is -2.11. The molecule has 0 aliphatic heterocycles. The molecule has 1 aliphatic rings. The fourth-order valence-corrected chi connectivity index (χ4v) is 7.90. The van der Waals surface area contributed by atoms with Crippen molar-refractivity contribution in [1.29, 1.82) is 0 Å². The molecule has 1 aromatic heterocycles. The minimum Gasteiger partial charge on any atom is -0.309 e. The lowest BCUT2D eigenvalue weighted by Crippen LogP contribution is -1.95. The van der Waals surface area contributed by atoms with E-state index in [9.17, 15) is 0 Å². The molecule has 8 aromatic carbocycles. The SMILES string of the molecule is c1ccc(-c2ccc3c(c2)c2cc(-c4ccccc4)ccc2n3-c2ccc3c(c2)Cc2cc(-c4cccc5ccccc45)ccc2-3)cc1. The van der Waals surface area contributed by atoms with Gasteiger partial charge in [-0.1, -0.05) is 140 Å². The molecule has 0 saturated heterocycles. The first-order valence-corrected chi connectivity index (χ1v) is 16.7. The van der Waals surface area contributed by atoms with Gasteiger partial charge < -0.3 is 4.57 Å². The zero-order valence-electron chi connectivity index (χ0n) is 26.4. The van der Waals surface area contributed by atoms with Gasteiger partial charge in [-0.25, -0.2) is 0 Å². The molecule has 1 heterocycles. The van der Waals surface area contributed by atoms with Crippen LogP contribution in [0.1, 0.15) is 11.1 Å². The summed E-state index contributed by atoms with van der Waals surface area (Å²) in [6.07, 6.45) is 0.935. The maximum Gasteiger partial charge on any atom is 0.0541 e. The maximum atomic E-state index is 2.46. The summed E-state index contributed by atoms with van der Waals surface area (Å²) < 4.78 is 2.46. The highest BCUT2D eigenvalue weighted by atomic mass is 15.0. The minimum absolute atomic E-state index is 0.935. The number of benzene rings is 8. The summed E-state index contributed by atoms with van der Waals surface area (Å²) in [6, 6.07) is 64.7. The Morgan fingerprint density at radius 3 is 1.58 bits per heavy atom. The Morgan fingerprint density at radius 2 is 0.896 bits per heavy atom. The predicted molar refractivity (Wildman–Crippen MR) is 203 cm³/mol. The van der Waals surface area contributed by atoms with Gasteiger partial charge in [-0.3, -0.25) is 0 Å². The molecule has 224 valence electrons. The van der Waals surface area contributed by atoms with Gasteiger partial charge in [0.15, 0.2) is 0 Å². The van der Waals surface area contributed by atoms with Crippen LogP contribution in [0.5, 0.6) is 0 Å². The second-order valence-electron chi connectivity index (χ2n) is 12.9. The maximum absolute atomic E-state index is 2.46. The van der Waals surface area contributed by atoms with Crippen molar-refractivity contribution in [3.8, 4) is 50.2 Å². The normalized spacial score (nSPS) is 12.1. The van der Waals surface area contributed by atoms with E-state index < -0.39 is 0 Å². The summed E-state index contributed by atoms with van der Waals surface area (Å²) in [6.45, 7) is 0. The van der Waals surface area contributed by atoms with E-state index in [-0.39, 0.29) is 0 Å². The van der Waals surface area contributed by atoms with E-state index in [2.05, 4.69) is 180 Å². The molecular formula is C47H31N. The Labute approximate surface area is 280 Å². The van der Waals surface area contributed by atoms with E-state index in [0.29, 0.717) is 0 Å². The third-order valence-corrected chi connectivity index (χ3v) is 10.2. The molecule has 0 atom stereocenters. The van der Waals surface area contributed by atoms with Crippen LogP contribution < -0.4 is 0 Å². The van der Waals surface area contributed by atoms with Gasteiger partial charge in [-0.15, -0.1) is 0 Å². The molecule has 0 saturated carbocycles. The molecule has 0 radical (unpaired) electrons. The van der Waals surface area contributed by atoms with Crippen LogP contribution >= 0.6 is 0 Å². The van der Waals surface area contributed by atoms with E-state index in [4.69, 9.17) is 0 Å². The zero-order chi connectivity index (χ0) is 31.6. The van der Waals surface area contributed by atoms with Gasteiger partial charge >= 0.3 is 0 Å². The van der Waals surface area contributed by atoms with Crippen LogP contribution in [0.25, 0.3) is 82.8 Å². The number of rotatable bonds is 4. The Hall–Kier alpha value is -6.18. The standard InChI is InChI=1S/C47H31N/c1-3-10-31(11-4-1)34-19-24-46-44(29-34)45-30-35(32-12-5-2-6-13-32)20-25-47(45)48(46)39-21-23-43-38(28-39)27-37-26-36(18-22-42(37)43)41-17-9-15-33-14-7-8-16-40(33)41/h1-26,28-30H,27H2. The molecule has 0 unspecified atom stereocenters. The summed E-state index contributed by atoms with van der Waals surface area (Å²) in [7, 11) is 0. The van der Waals surface area contributed by atoms with Gasteiger partial charge in [0, 0.05) is 16.5 Å². The highest BCUT2D eigenvalue weighted by Crippen LogP contribution is 2.42. The summed E-state index contributed by atoms with van der Waals surface area (Å²) in [4.78, 5) is 0. The van der Waals surface area contributed by atoms with Crippen molar-refractivity contribution in [3.63, 3.8) is 0 Å². The van der Waals surface area contributed by atoms with Crippen molar-refractivity contribution in [3.05, 3.63) is 187 Å². The van der Waals surface area contributed by atoms with E-state index >= 15 is 0 Å². The topological polar surface area (TPSA) is 4.93 Å². The molecule has 0 bridgehead atoms. The minimum atomic E-state index is 0.935. The van der Waals surface area contributed by atoms with Gasteiger partial charge in [0.2, 0.25) is 0 Å². The summed E-state index contributed by atoms with van der Waals surface area (Å²) >= 11 is 0. The van der Waals surface area contributed by atoms with Crippen LogP contribution in [-0.4, -0.2) is 4.57 Å². The molecule has 0 N–H and O–H groups in total. The van der Waals surface area contributed by atoms with Gasteiger partial charge in [-0.2, -0.15) is 0 Å². The lowest BCUT2D eigenvalue weighted by atomic mass is 9.95. The number of nitrogens with zero attached hydrogens (tertiary/aromatic N) is 1. The van der Waals surface area contributed by atoms with Crippen molar-refractivity contribution in [2.24, 2.45) is 0 Å². The molecule has 0 spiro atoms. The third-order valence-electron chi connectivity index (χ3n) is 10.2. The van der Waals surface area contributed by atoms with Crippen LogP contribution in [0.2, 0.25) is 0 Å². The highest BCUT2D eigenvalue weighted by Gasteiger charge is 2.22. The fraction of sp³-hybridized carbons (Fsp3) is 0.0213. The average Bonchev–Trinajstić information content (AvgIpc) is 3.69. The van der Waals surface area contributed by atoms with Crippen molar-refractivity contribution in [2.75, 3.05) is 0 Å². The molecule has 48 heavy (non-hydrogen) atoms. The second kappa shape index (κ2) is 10.7. The van der Waals surface area contributed by atoms with Gasteiger partial charge in [0.25, 0.3) is 0 Å². The van der Waals surface area contributed by atoms with Gasteiger partial charge in [0.1, 0.15) is 0 Å². The van der Waals surface area contributed by atoms with E-state index in [1.807, 2.05) is 0 Å². The Kier molecular flexibility index (Phi) is 6.01. The van der Waals surface area contributed by atoms with Crippen LogP contribution in [0.3, 0.4) is 0 Å². The van der Waals surface area contributed by atoms with Crippen LogP contribution in [0.15, 0.2) is 176 Å². The summed E-state index contributed by atoms with van der Waals surface area (Å²) in [5, 5.41) is 5.12. The Balaban J connectivity index is 1.11. The van der Waals surface area contributed by atoms with Gasteiger partial charge in [0.05, 0.1) is 11.0 Å². The smallest absolute Gasteiger partial charge is 0.0541 e. The van der Waals surface area contributed by atoms with Crippen LogP contribution in [-0.2, 0) is 6.42 Å². The molecule has 1 aliphatic carbocycles. The lowest BCUT2D eigenvalue weighted by molar-refractivity contribution is 1.16. The molecule has 1 heteroatoms. The van der Waals surface area contributed by atoms with E-state index in [1.54, 1.807) is 0 Å². The third kappa shape index (κ3) is 4.25. The predicted octanol–water partition coefficient (Wildman–Crippen LogP) is 12.5.